The second kappa shape index (κ2) is 5.89. The van der Waals surface area contributed by atoms with Crippen LogP contribution >= 0.6 is 21.4 Å². The number of halogens is 2. The van der Waals surface area contributed by atoms with Gasteiger partial charge in [0, 0.05) is 33.5 Å². The highest BCUT2D eigenvalue weighted by atomic mass is 36.0. The van der Waals surface area contributed by atoms with Gasteiger partial charge >= 0.3 is 8.26 Å². The summed E-state index contributed by atoms with van der Waals surface area (Å²) in [6, 6.07) is 6.52. The molecule has 1 rings (SSSR count). The van der Waals surface area contributed by atoms with E-state index in [2.05, 4.69) is 21.4 Å². The highest BCUT2D eigenvalue weighted by Crippen LogP contribution is 2.11. The third kappa shape index (κ3) is 9.45. The van der Waals surface area contributed by atoms with E-state index in [-0.39, 0.29) is 5.69 Å². The van der Waals surface area contributed by atoms with Crippen LogP contribution in [-0.4, -0.2) is 13.3 Å². The molecule has 0 unspecified atom stereocenters. The average Bonchev–Trinajstić information content (AvgIpc) is 2.00. The lowest BCUT2D eigenvalue weighted by molar-refractivity contribution is -0.384. The Morgan fingerprint density at radius 3 is 2.07 bits per heavy atom. The van der Waals surface area contributed by atoms with E-state index < -0.39 is 13.2 Å². The zero-order valence-corrected chi connectivity index (χ0v) is 9.88. The third-order valence-electron chi connectivity index (χ3n) is 1.21. The van der Waals surface area contributed by atoms with E-state index in [0.29, 0.717) is 0 Å². The summed E-state index contributed by atoms with van der Waals surface area (Å²) in [6.45, 7) is 1.83. The number of nitrogens with zero attached hydrogens (tertiary/aromatic N) is 1. The lowest BCUT2D eigenvalue weighted by Gasteiger charge is -1.90. The summed E-state index contributed by atoms with van der Waals surface area (Å²) in [5.41, 5.74) is 1.06. The number of rotatable bonds is 1. The number of hydrogen-bond donors (Lipinski definition) is 0. The van der Waals surface area contributed by atoms with Gasteiger partial charge in [-0.05, 0) is 12.5 Å². The van der Waals surface area contributed by atoms with Crippen molar-refractivity contribution in [3.63, 3.8) is 0 Å². The minimum Gasteiger partial charge on any atom is -0.258 e. The lowest BCUT2D eigenvalue weighted by Crippen LogP contribution is -1.86. The van der Waals surface area contributed by atoms with Crippen LogP contribution < -0.4 is 0 Å². The Morgan fingerprint density at radius 2 is 1.80 bits per heavy atom. The lowest BCUT2D eigenvalue weighted by atomic mass is 10.2. The summed E-state index contributed by atoms with van der Waals surface area (Å²) in [6.07, 6.45) is 0. The monoisotopic (exact) mass is 271 g/mol. The molecule has 0 amide bonds. The highest BCUT2D eigenvalue weighted by Gasteiger charge is 2.01. The zero-order valence-electron chi connectivity index (χ0n) is 7.55. The molecule has 0 atom stereocenters. The van der Waals surface area contributed by atoms with Gasteiger partial charge in [0.15, 0.2) is 0 Å². The van der Waals surface area contributed by atoms with Crippen molar-refractivity contribution in [2.75, 3.05) is 0 Å². The predicted octanol–water partition coefficient (Wildman–Crippen LogP) is 2.61. The second-order valence-corrected chi connectivity index (χ2v) is 6.14. The quantitative estimate of drug-likeness (QED) is 0.447. The van der Waals surface area contributed by atoms with Crippen LogP contribution in [0.4, 0.5) is 5.69 Å². The number of nitro benzene ring substituents is 1. The first-order valence-corrected chi connectivity index (χ1v) is 6.69. The molecule has 84 valence electrons. The molecular formula is C7H7Cl2NO4S. The maximum Gasteiger partial charge on any atom is 0.317 e. The van der Waals surface area contributed by atoms with Crippen LogP contribution in [0.5, 0.6) is 0 Å². The molecule has 0 heterocycles. The second-order valence-electron chi connectivity index (χ2n) is 2.47. The maximum atomic E-state index is 10.2. The Balaban J connectivity index is 0.000000336. The minimum absolute atomic E-state index is 0.153. The molecule has 0 radical (unpaired) electrons. The fraction of sp³-hybridized carbons (Fsp3) is 0.143. The van der Waals surface area contributed by atoms with Crippen molar-refractivity contribution in [2.24, 2.45) is 0 Å². The molecule has 0 fully saturated rings. The zero-order chi connectivity index (χ0) is 12.1. The van der Waals surface area contributed by atoms with Gasteiger partial charge in [0.2, 0.25) is 0 Å². The van der Waals surface area contributed by atoms with Crippen molar-refractivity contribution in [2.45, 2.75) is 6.92 Å². The van der Waals surface area contributed by atoms with E-state index >= 15 is 0 Å². The van der Waals surface area contributed by atoms with E-state index in [1.54, 1.807) is 12.1 Å². The highest BCUT2D eigenvalue weighted by molar-refractivity contribution is 8.31. The van der Waals surface area contributed by atoms with Gasteiger partial charge in [-0.3, -0.25) is 10.1 Å². The Bertz CT molecular complexity index is 438. The molecule has 0 saturated heterocycles. The number of aryl methyl sites for hydroxylation is 1. The van der Waals surface area contributed by atoms with Crippen LogP contribution in [0, 0.1) is 17.0 Å². The number of nitro groups is 1. The van der Waals surface area contributed by atoms with Crippen LogP contribution in [0.1, 0.15) is 5.56 Å². The largest absolute Gasteiger partial charge is 0.317 e. The van der Waals surface area contributed by atoms with E-state index in [1.165, 1.54) is 6.07 Å². The molecule has 1 aromatic rings. The van der Waals surface area contributed by atoms with E-state index in [0.717, 1.165) is 5.56 Å². The van der Waals surface area contributed by atoms with Gasteiger partial charge in [-0.1, -0.05) is 12.1 Å². The summed E-state index contributed by atoms with van der Waals surface area (Å²) in [4.78, 5) is 9.76. The molecule has 0 aliphatic heterocycles. The summed E-state index contributed by atoms with van der Waals surface area (Å²) in [7, 11) is 4.81. The molecule has 0 spiro atoms. The van der Waals surface area contributed by atoms with Gasteiger partial charge in [0.05, 0.1) is 4.92 Å². The molecule has 1 aromatic carbocycles. The van der Waals surface area contributed by atoms with Gasteiger partial charge in [0.25, 0.3) is 5.69 Å². The van der Waals surface area contributed by atoms with Crippen molar-refractivity contribution in [1.82, 2.24) is 0 Å². The first kappa shape index (κ1) is 14.2. The van der Waals surface area contributed by atoms with Crippen LogP contribution in [0.3, 0.4) is 0 Å². The Kier molecular flexibility index (Phi) is 5.56. The van der Waals surface area contributed by atoms with Crippen molar-refractivity contribution in [3.05, 3.63) is 39.9 Å². The van der Waals surface area contributed by atoms with Crippen molar-refractivity contribution >= 4 is 35.3 Å². The van der Waals surface area contributed by atoms with Gasteiger partial charge in [-0.2, -0.15) is 8.42 Å². The van der Waals surface area contributed by atoms with Crippen LogP contribution in [0.25, 0.3) is 0 Å². The SMILES string of the molecule is Cc1cccc([N+](=O)[O-])c1.O=S(=O)(Cl)Cl. The standard InChI is InChI=1S/C7H7NO2.Cl2O2S/c1-6-3-2-4-7(5-6)8(9)10;1-5(2,3)4/h2-5H,1H3;. The Labute approximate surface area is 95.7 Å². The molecule has 8 heteroatoms. The molecule has 0 aliphatic rings. The number of hydrogen-bond acceptors (Lipinski definition) is 4. The summed E-state index contributed by atoms with van der Waals surface area (Å²) >= 11 is 0. The van der Waals surface area contributed by atoms with E-state index in [4.69, 9.17) is 8.42 Å². The van der Waals surface area contributed by atoms with Crippen LogP contribution in [0.2, 0.25) is 0 Å². The van der Waals surface area contributed by atoms with E-state index in [9.17, 15) is 10.1 Å². The minimum atomic E-state index is -3.72. The van der Waals surface area contributed by atoms with Gasteiger partial charge in [-0.15, -0.1) is 0 Å². The first-order chi connectivity index (χ1) is 6.70. The van der Waals surface area contributed by atoms with Crippen molar-refractivity contribution < 1.29 is 13.3 Å². The number of benzene rings is 1. The van der Waals surface area contributed by atoms with Gasteiger partial charge < -0.3 is 0 Å². The Morgan fingerprint density at radius 1 is 1.33 bits per heavy atom. The average molecular weight is 272 g/mol. The van der Waals surface area contributed by atoms with Crippen molar-refractivity contribution in [1.29, 1.82) is 0 Å². The molecule has 0 saturated carbocycles. The number of non-ortho nitro benzene ring substituents is 1. The molecule has 0 N–H and O–H groups in total. The molecule has 0 aromatic heterocycles. The summed E-state index contributed by atoms with van der Waals surface area (Å²) in [5.74, 6) is 0. The van der Waals surface area contributed by atoms with Crippen LogP contribution in [-0.2, 0) is 8.26 Å². The fourth-order valence-electron chi connectivity index (χ4n) is 0.742. The predicted molar refractivity (Wildman–Crippen MR) is 58.5 cm³/mol. The maximum absolute atomic E-state index is 10.2. The summed E-state index contributed by atoms with van der Waals surface area (Å²) < 4.78 is 18.3. The molecule has 0 bridgehead atoms. The molecular weight excluding hydrogens is 265 g/mol. The fourth-order valence-corrected chi connectivity index (χ4v) is 0.742. The molecule has 0 aliphatic carbocycles. The normalized spacial score (nSPS) is 10.1. The Hall–Kier alpha value is -0.850. The van der Waals surface area contributed by atoms with E-state index in [1.807, 2.05) is 13.0 Å². The smallest absolute Gasteiger partial charge is 0.258 e. The topological polar surface area (TPSA) is 77.3 Å². The van der Waals surface area contributed by atoms with Crippen molar-refractivity contribution in [3.8, 4) is 0 Å². The first-order valence-electron chi connectivity index (χ1n) is 3.55. The van der Waals surface area contributed by atoms with Gasteiger partial charge in [0.1, 0.15) is 0 Å². The molecule has 5 nitrogen and oxygen atoms in total. The van der Waals surface area contributed by atoms with Gasteiger partial charge in [-0.25, -0.2) is 0 Å². The third-order valence-corrected chi connectivity index (χ3v) is 1.21. The molecule has 15 heavy (non-hydrogen) atoms. The summed E-state index contributed by atoms with van der Waals surface area (Å²) in [5, 5.41) is 10.2. The van der Waals surface area contributed by atoms with Crippen LogP contribution in [0.15, 0.2) is 24.3 Å².